The van der Waals surface area contributed by atoms with Gasteiger partial charge >= 0.3 is 0 Å². The Morgan fingerprint density at radius 1 is 1.30 bits per heavy atom. The fraction of sp³-hybridized carbons (Fsp3) is 0.429. The number of nitrogens with one attached hydrogen (secondary N) is 2. The number of halogens is 1. The van der Waals surface area contributed by atoms with Crippen LogP contribution in [0.3, 0.4) is 0 Å². The van der Waals surface area contributed by atoms with Crippen LogP contribution < -0.4 is 4.90 Å². The molecule has 2 unspecified atom stereocenters. The molecular weight excluding hydrogens is 449 g/mol. The predicted molar refractivity (Wildman–Crippen MR) is 110 cm³/mol. The van der Waals surface area contributed by atoms with E-state index in [2.05, 4.69) is 53.8 Å². The van der Waals surface area contributed by atoms with Gasteiger partial charge in [-0.05, 0) is 58.4 Å². The van der Waals surface area contributed by atoms with Gasteiger partial charge in [0.05, 0.1) is 43.6 Å². The lowest BCUT2D eigenvalue weighted by Crippen LogP contribution is -3.13. The second-order valence-electron chi connectivity index (χ2n) is 7.26. The highest BCUT2D eigenvalue weighted by Gasteiger charge is 2.58. The van der Waals surface area contributed by atoms with Gasteiger partial charge in [-0.15, -0.1) is 0 Å². The lowest BCUT2D eigenvalue weighted by atomic mass is 9.54. The van der Waals surface area contributed by atoms with Crippen molar-refractivity contribution in [2.24, 2.45) is 17.3 Å². The van der Waals surface area contributed by atoms with Gasteiger partial charge in [-0.25, -0.2) is 0 Å². The zero-order valence-electron chi connectivity index (χ0n) is 15.2. The summed E-state index contributed by atoms with van der Waals surface area (Å²) in [5.74, 6) is -1.30. The van der Waals surface area contributed by atoms with Crippen molar-refractivity contribution in [1.29, 1.82) is 21.2 Å². The van der Waals surface area contributed by atoms with Gasteiger partial charge in [-0.1, -0.05) is 19.1 Å². The molecule has 1 aliphatic heterocycles. The fourth-order valence-electron chi connectivity index (χ4n) is 4.60. The first kappa shape index (κ1) is 19.5. The Hall–Kier alpha value is -2.21. The third kappa shape index (κ3) is 3.16. The first-order valence-electron chi connectivity index (χ1n) is 9.12. The van der Waals surface area contributed by atoms with Crippen LogP contribution in [0.1, 0.15) is 24.8 Å². The lowest BCUT2D eigenvalue weighted by Gasteiger charge is -2.46. The minimum absolute atomic E-state index is 0.0692. The molecule has 1 aromatic carbocycles. The summed E-state index contributed by atoms with van der Waals surface area (Å²) in [5, 5.41) is 38.4. The van der Waals surface area contributed by atoms with Gasteiger partial charge in [-0.2, -0.15) is 15.8 Å². The van der Waals surface area contributed by atoms with Crippen LogP contribution in [0.25, 0.3) is 0 Å². The second kappa shape index (κ2) is 7.80. The van der Waals surface area contributed by atoms with Crippen LogP contribution in [-0.2, 0) is 0 Å². The summed E-state index contributed by atoms with van der Waals surface area (Å²) in [5.41, 5.74) is 0.147. The minimum Gasteiger partial charge on any atom is -0.331 e. The Bertz CT molecular complexity index is 900. The van der Waals surface area contributed by atoms with Crippen molar-refractivity contribution in [3.05, 3.63) is 45.0 Å². The van der Waals surface area contributed by atoms with Gasteiger partial charge in [0.25, 0.3) is 0 Å². The van der Waals surface area contributed by atoms with Crippen LogP contribution in [0.15, 0.2) is 35.9 Å². The summed E-state index contributed by atoms with van der Waals surface area (Å²) in [6.07, 6.45) is 3.14. The molecule has 1 aromatic rings. The summed E-state index contributed by atoms with van der Waals surface area (Å²) < 4.78 is 1.03. The van der Waals surface area contributed by atoms with Crippen molar-refractivity contribution in [2.75, 3.05) is 19.6 Å². The fourth-order valence-corrected chi connectivity index (χ4v) is 5.16. The third-order valence-corrected chi connectivity index (χ3v) is 6.44. The molecule has 136 valence electrons. The van der Waals surface area contributed by atoms with Crippen LogP contribution in [0.4, 0.5) is 0 Å². The molecule has 1 aliphatic carbocycles. The van der Waals surface area contributed by atoms with E-state index in [1.165, 1.54) is 4.90 Å². The third-order valence-electron chi connectivity index (χ3n) is 5.77. The zero-order valence-corrected chi connectivity index (χ0v) is 17.3. The minimum atomic E-state index is -1.61. The molecule has 0 radical (unpaired) electrons. The van der Waals surface area contributed by atoms with E-state index in [1.807, 2.05) is 24.3 Å². The average molecular weight is 470 g/mol. The number of hydrogen-bond acceptors (Lipinski definition) is 4. The number of rotatable bonds is 3. The van der Waals surface area contributed by atoms with Crippen molar-refractivity contribution < 1.29 is 4.90 Å². The van der Waals surface area contributed by atoms with Crippen molar-refractivity contribution in [1.82, 2.24) is 0 Å². The topological polar surface area (TPSA) is 99.7 Å². The van der Waals surface area contributed by atoms with Gasteiger partial charge in [0.1, 0.15) is 5.92 Å². The van der Waals surface area contributed by atoms with E-state index in [-0.39, 0.29) is 11.6 Å². The predicted octanol–water partition coefficient (Wildman–Crippen LogP) is 2.43. The molecule has 0 bridgehead atoms. The van der Waals surface area contributed by atoms with Crippen LogP contribution in [0.2, 0.25) is 0 Å². The maximum atomic E-state index is 10.0. The van der Waals surface area contributed by atoms with Crippen molar-refractivity contribution in [3.63, 3.8) is 0 Å². The van der Waals surface area contributed by atoms with Crippen LogP contribution >= 0.6 is 22.6 Å². The van der Waals surface area contributed by atoms with Crippen molar-refractivity contribution in [2.45, 2.75) is 19.3 Å². The van der Waals surface area contributed by atoms with Gasteiger partial charge in [0.2, 0.25) is 0 Å². The van der Waals surface area contributed by atoms with Gasteiger partial charge in [0.15, 0.2) is 5.41 Å². The molecule has 1 fully saturated rings. The molecule has 27 heavy (non-hydrogen) atoms. The Balaban J connectivity index is 2.22. The molecule has 5 nitrogen and oxygen atoms in total. The number of nitrogens with zero attached hydrogens (tertiary/aromatic N) is 3. The summed E-state index contributed by atoms with van der Waals surface area (Å²) in [6.45, 7) is 4.77. The quantitative estimate of drug-likeness (QED) is 0.525. The highest BCUT2D eigenvalue weighted by Crippen LogP contribution is 2.52. The Labute approximate surface area is 173 Å². The molecule has 1 heterocycles. The standard InChI is InChI=1S/C21H20IN5/c1-2-7-27-8-6-16-17(10-23)20(26)21(12-24,13-25)19(18(16)11-27)14-4-3-5-15(22)9-14/h3-6,9,17-19,26H,2,7-8,11H2,1H3/p+1/t17?,18-,19+/m1/s1. The molecule has 0 spiro atoms. The first-order valence-corrected chi connectivity index (χ1v) is 10.2. The molecular formula is C21H21IN5+. The SMILES string of the molecule is CCC[NH+]1CC=C2C(C#N)C(=N)C(C#N)(C#N)[C@@H](c3cccc(I)c3)[C@@H]2C1. The largest absolute Gasteiger partial charge is 0.331 e. The van der Waals surface area contributed by atoms with Crippen molar-refractivity contribution in [3.8, 4) is 18.2 Å². The van der Waals surface area contributed by atoms with Gasteiger partial charge in [-0.3, -0.25) is 0 Å². The highest BCUT2D eigenvalue weighted by atomic mass is 127. The molecule has 0 amide bonds. The van der Waals surface area contributed by atoms with Crippen molar-refractivity contribution >= 4 is 28.3 Å². The summed E-state index contributed by atoms with van der Waals surface area (Å²) in [6, 6.07) is 14.4. The first-order chi connectivity index (χ1) is 13.0. The van der Waals surface area contributed by atoms with Gasteiger partial charge in [0, 0.05) is 15.4 Å². The van der Waals surface area contributed by atoms with E-state index in [1.54, 1.807) is 0 Å². The molecule has 1 saturated carbocycles. The maximum Gasteiger partial charge on any atom is 0.189 e. The highest BCUT2D eigenvalue weighted by molar-refractivity contribution is 14.1. The molecule has 4 atom stereocenters. The van der Waals surface area contributed by atoms with E-state index >= 15 is 0 Å². The lowest BCUT2D eigenvalue weighted by molar-refractivity contribution is -0.899. The monoisotopic (exact) mass is 470 g/mol. The summed E-state index contributed by atoms with van der Waals surface area (Å²) in [7, 11) is 0. The van der Waals surface area contributed by atoms with Crippen LogP contribution in [-0.4, -0.2) is 25.3 Å². The molecule has 0 aromatic heterocycles. The van der Waals surface area contributed by atoms with E-state index in [0.29, 0.717) is 0 Å². The van der Waals surface area contributed by atoms with E-state index in [9.17, 15) is 15.8 Å². The number of benzene rings is 1. The van der Waals surface area contributed by atoms with E-state index in [4.69, 9.17) is 5.41 Å². The molecule has 6 heteroatoms. The van der Waals surface area contributed by atoms with Crippen LogP contribution in [0.5, 0.6) is 0 Å². The molecule has 0 saturated heterocycles. The normalized spacial score (nSPS) is 28.9. The van der Waals surface area contributed by atoms with Crippen LogP contribution in [0, 0.1) is 60.2 Å². The smallest absolute Gasteiger partial charge is 0.189 e. The van der Waals surface area contributed by atoms with Gasteiger partial charge < -0.3 is 10.3 Å². The second-order valence-corrected chi connectivity index (χ2v) is 8.50. The Morgan fingerprint density at radius 3 is 2.63 bits per heavy atom. The molecule has 2 aliphatic rings. The number of quaternary nitrogens is 1. The molecule has 3 rings (SSSR count). The summed E-state index contributed by atoms with van der Waals surface area (Å²) >= 11 is 2.23. The zero-order chi connectivity index (χ0) is 19.6. The summed E-state index contributed by atoms with van der Waals surface area (Å²) in [4.78, 5) is 1.40. The Morgan fingerprint density at radius 2 is 2.04 bits per heavy atom. The van der Waals surface area contributed by atoms with E-state index in [0.717, 1.165) is 40.8 Å². The Kier molecular flexibility index (Phi) is 5.65. The number of nitriles is 3. The van der Waals surface area contributed by atoms with E-state index < -0.39 is 17.3 Å². The number of hydrogen-bond donors (Lipinski definition) is 2. The maximum absolute atomic E-state index is 10.0. The number of fused-ring (bicyclic) bond motifs is 1. The average Bonchev–Trinajstić information content (AvgIpc) is 2.67. The molecule has 2 N–H and O–H groups in total.